The van der Waals surface area contributed by atoms with E-state index in [0.29, 0.717) is 22.3 Å². The quantitative estimate of drug-likeness (QED) is 0.774. The van der Waals surface area contributed by atoms with Crippen LogP contribution >= 0.6 is 0 Å². The molecule has 2 aromatic rings. The van der Waals surface area contributed by atoms with E-state index in [1.807, 2.05) is 6.92 Å². The van der Waals surface area contributed by atoms with Gasteiger partial charge in [-0.05, 0) is 50.8 Å². The summed E-state index contributed by atoms with van der Waals surface area (Å²) in [4.78, 5) is 14.8. The predicted octanol–water partition coefficient (Wildman–Crippen LogP) is 3.93. The summed E-state index contributed by atoms with van der Waals surface area (Å²) in [5, 5.41) is 0.695. The Morgan fingerprint density at radius 3 is 2.46 bits per heavy atom. The van der Waals surface area contributed by atoms with E-state index in [2.05, 4.69) is 0 Å². The van der Waals surface area contributed by atoms with Gasteiger partial charge in [0.05, 0.1) is 4.90 Å². The third kappa shape index (κ3) is 3.35. The number of benzene rings is 1. The summed E-state index contributed by atoms with van der Waals surface area (Å²) in [6.07, 6.45) is 7.19. The molecule has 0 bridgehead atoms. The number of hydrogen-bond donors (Lipinski definition) is 0. The summed E-state index contributed by atoms with van der Waals surface area (Å²) in [6.45, 7) is 3.33. The van der Waals surface area contributed by atoms with Gasteiger partial charge in [0.15, 0.2) is 5.76 Å². The van der Waals surface area contributed by atoms with Crippen molar-refractivity contribution < 1.29 is 17.6 Å². The van der Waals surface area contributed by atoms with Gasteiger partial charge in [-0.3, -0.25) is 4.79 Å². The normalized spacial score (nSPS) is 19.0. The van der Waals surface area contributed by atoms with Crippen molar-refractivity contribution in [3.63, 3.8) is 0 Å². The van der Waals surface area contributed by atoms with Gasteiger partial charge in [0.1, 0.15) is 5.58 Å². The van der Waals surface area contributed by atoms with Crippen LogP contribution in [0.3, 0.4) is 0 Å². The van der Waals surface area contributed by atoms with Crippen LogP contribution in [0.25, 0.3) is 11.0 Å². The van der Waals surface area contributed by atoms with Crippen LogP contribution in [-0.4, -0.2) is 49.7 Å². The van der Waals surface area contributed by atoms with Crippen molar-refractivity contribution in [1.82, 2.24) is 9.21 Å². The molecule has 1 saturated heterocycles. The van der Waals surface area contributed by atoms with Crippen LogP contribution in [0.15, 0.2) is 27.5 Å². The molecule has 0 N–H and O–H groups in total. The number of rotatable bonds is 4. The van der Waals surface area contributed by atoms with Crippen molar-refractivity contribution in [2.24, 2.45) is 0 Å². The van der Waals surface area contributed by atoms with Crippen LogP contribution in [0.4, 0.5) is 0 Å². The van der Waals surface area contributed by atoms with E-state index in [9.17, 15) is 13.2 Å². The van der Waals surface area contributed by atoms with E-state index in [4.69, 9.17) is 4.42 Å². The monoisotopic (exact) mass is 404 g/mol. The topological polar surface area (TPSA) is 70.8 Å². The summed E-state index contributed by atoms with van der Waals surface area (Å²) < 4.78 is 33.7. The van der Waals surface area contributed by atoms with Crippen molar-refractivity contribution >= 4 is 26.9 Å². The smallest absolute Gasteiger partial charge is 0.289 e. The second-order valence-corrected chi connectivity index (χ2v) is 10.0. The second-order valence-electron chi connectivity index (χ2n) is 8.03. The third-order valence-corrected chi connectivity index (χ3v) is 8.17. The fourth-order valence-electron chi connectivity index (χ4n) is 4.44. The lowest BCUT2D eigenvalue weighted by Crippen LogP contribution is -2.38. The van der Waals surface area contributed by atoms with E-state index in [-0.39, 0.29) is 16.8 Å². The molecule has 0 radical (unpaired) electrons. The largest absolute Gasteiger partial charge is 0.451 e. The summed E-state index contributed by atoms with van der Waals surface area (Å²) in [5.74, 6) is 0.224. The van der Waals surface area contributed by atoms with Gasteiger partial charge in [-0.25, -0.2) is 8.42 Å². The lowest BCUT2D eigenvalue weighted by Gasteiger charge is -2.30. The highest BCUT2D eigenvalue weighted by Crippen LogP contribution is 2.32. The highest BCUT2D eigenvalue weighted by atomic mass is 32.2. The molecule has 28 heavy (non-hydrogen) atoms. The van der Waals surface area contributed by atoms with E-state index >= 15 is 0 Å². The van der Waals surface area contributed by atoms with Gasteiger partial charge < -0.3 is 9.32 Å². The minimum absolute atomic E-state index is 0.0622. The van der Waals surface area contributed by atoms with Gasteiger partial charge in [0, 0.05) is 37.1 Å². The van der Waals surface area contributed by atoms with Crippen LogP contribution < -0.4 is 0 Å². The second kappa shape index (κ2) is 7.52. The Hall–Kier alpha value is -1.86. The zero-order valence-electron chi connectivity index (χ0n) is 16.6. The minimum atomic E-state index is -3.58. The Morgan fingerprint density at radius 1 is 1.11 bits per heavy atom. The Morgan fingerprint density at radius 2 is 1.79 bits per heavy atom. The van der Waals surface area contributed by atoms with E-state index in [1.165, 1.54) is 10.7 Å². The van der Waals surface area contributed by atoms with Crippen LogP contribution in [0, 0.1) is 6.92 Å². The molecule has 0 spiro atoms. The maximum absolute atomic E-state index is 13.2. The number of amides is 1. The first-order valence-electron chi connectivity index (χ1n) is 10.2. The van der Waals surface area contributed by atoms with Crippen molar-refractivity contribution in [3.05, 3.63) is 29.5 Å². The van der Waals surface area contributed by atoms with E-state index in [1.54, 1.807) is 30.1 Å². The Bertz CT molecular complexity index is 983. The first-order chi connectivity index (χ1) is 13.4. The Labute approximate surface area is 166 Å². The summed E-state index contributed by atoms with van der Waals surface area (Å²) in [5.41, 5.74) is 1.27. The first kappa shape index (κ1) is 19.5. The number of carbonyl (C=O) groups excluding carboxylic acids is 1. The van der Waals surface area contributed by atoms with Crippen LogP contribution in [0.5, 0.6) is 0 Å². The molecule has 1 saturated carbocycles. The lowest BCUT2D eigenvalue weighted by molar-refractivity contribution is 0.0762. The maximum atomic E-state index is 13.2. The van der Waals surface area contributed by atoms with Gasteiger partial charge in [0.2, 0.25) is 10.0 Å². The molecular weight excluding hydrogens is 376 g/mol. The molecule has 7 heteroatoms. The number of furan rings is 1. The fraction of sp³-hybridized carbons (Fsp3) is 0.571. The number of hydrogen-bond acceptors (Lipinski definition) is 4. The Balaban J connectivity index is 1.67. The number of carbonyl (C=O) groups is 1. The van der Waals surface area contributed by atoms with Crippen molar-refractivity contribution in [1.29, 1.82) is 0 Å². The number of fused-ring (bicyclic) bond motifs is 1. The van der Waals surface area contributed by atoms with Crippen LogP contribution in [0.1, 0.15) is 61.1 Å². The standard InChI is InChI=1S/C21H28N2O4S/c1-15-18-14-17(28(25,26)22(2)16-8-4-3-5-9-16)10-11-19(18)27-20(15)21(24)23-12-6-7-13-23/h10-11,14,16H,3-9,12-13H2,1-2H3. The maximum Gasteiger partial charge on any atom is 0.289 e. The molecule has 1 amide bonds. The highest BCUT2D eigenvalue weighted by Gasteiger charge is 2.30. The molecule has 2 heterocycles. The molecule has 1 aromatic heterocycles. The molecule has 1 aliphatic carbocycles. The fourth-order valence-corrected chi connectivity index (χ4v) is 5.88. The van der Waals surface area contributed by atoms with Crippen molar-refractivity contribution in [2.75, 3.05) is 20.1 Å². The molecule has 1 aliphatic heterocycles. The molecule has 6 nitrogen and oxygen atoms in total. The van der Waals surface area contributed by atoms with Gasteiger partial charge in [-0.2, -0.15) is 4.31 Å². The molecule has 152 valence electrons. The zero-order chi connectivity index (χ0) is 19.9. The van der Waals surface area contributed by atoms with Crippen molar-refractivity contribution in [3.8, 4) is 0 Å². The molecule has 0 atom stereocenters. The number of sulfonamides is 1. The average Bonchev–Trinajstić information content (AvgIpc) is 3.36. The van der Waals surface area contributed by atoms with E-state index < -0.39 is 10.0 Å². The molecule has 4 rings (SSSR count). The average molecular weight is 405 g/mol. The van der Waals surface area contributed by atoms with Gasteiger partial charge in [-0.1, -0.05) is 19.3 Å². The van der Waals surface area contributed by atoms with Gasteiger partial charge >= 0.3 is 0 Å². The van der Waals surface area contributed by atoms with Gasteiger partial charge in [-0.15, -0.1) is 0 Å². The highest BCUT2D eigenvalue weighted by molar-refractivity contribution is 7.89. The third-order valence-electron chi connectivity index (χ3n) is 6.26. The van der Waals surface area contributed by atoms with Crippen molar-refractivity contribution in [2.45, 2.75) is 62.8 Å². The molecule has 2 fully saturated rings. The van der Waals surface area contributed by atoms with Crippen LogP contribution in [0.2, 0.25) is 0 Å². The number of aryl methyl sites for hydroxylation is 1. The van der Waals surface area contributed by atoms with Gasteiger partial charge in [0.25, 0.3) is 5.91 Å². The predicted molar refractivity (Wildman–Crippen MR) is 108 cm³/mol. The molecular formula is C21H28N2O4S. The summed E-state index contributed by atoms with van der Waals surface area (Å²) >= 11 is 0. The van der Waals surface area contributed by atoms with Crippen LogP contribution in [-0.2, 0) is 10.0 Å². The number of nitrogens with zero attached hydrogens (tertiary/aromatic N) is 2. The summed E-state index contributed by atoms with van der Waals surface area (Å²) in [7, 11) is -1.90. The Kier molecular flexibility index (Phi) is 5.22. The molecule has 0 unspecified atom stereocenters. The summed E-state index contributed by atoms with van der Waals surface area (Å²) in [6, 6.07) is 4.98. The number of likely N-dealkylation sites (tertiary alicyclic amines) is 1. The molecule has 1 aromatic carbocycles. The molecule has 2 aliphatic rings. The zero-order valence-corrected chi connectivity index (χ0v) is 17.4. The van der Waals surface area contributed by atoms with E-state index in [0.717, 1.165) is 51.6 Å². The minimum Gasteiger partial charge on any atom is -0.451 e. The SMILES string of the molecule is Cc1c(C(=O)N2CCCC2)oc2ccc(S(=O)(=O)N(C)C3CCCCC3)cc12. The lowest BCUT2D eigenvalue weighted by atomic mass is 9.96. The first-order valence-corrected chi connectivity index (χ1v) is 11.6.